The average Bonchev–Trinajstić information content (AvgIpc) is 2.83. The first-order chi connectivity index (χ1) is 10.3. The molecule has 4 rings (SSSR count). The summed E-state index contributed by atoms with van der Waals surface area (Å²) in [4.78, 5) is 0. The van der Waals surface area contributed by atoms with Crippen LogP contribution in [0.2, 0.25) is 0 Å². The molecule has 0 saturated heterocycles. The molecular formula is C19H17N2+. The van der Waals surface area contributed by atoms with Crippen LogP contribution in [0.1, 0.15) is 0 Å². The maximum absolute atomic E-state index is 3.91. The van der Waals surface area contributed by atoms with E-state index in [1.807, 2.05) is 6.08 Å². The van der Waals surface area contributed by atoms with Crippen molar-refractivity contribution in [2.45, 2.75) is 6.54 Å². The zero-order chi connectivity index (χ0) is 14.4. The Labute approximate surface area is 123 Å². The van der Waals surface area contributed by atoms with Gasteiger partial charge in [0.25, 0.3) is 0 Å². The Morgan fingerprint density at radius 2 is 1.81 bits per heavy atom. The standard InChI is InChI=1S/C19H17N2/c1-3-12-21-17-11-7-5-9-15(17)19-18(21)13-14-8-4-6-10-16(14)20(19)2/h3-11,13H,1,12H2,2H3/q+1. The fourth-order valence-electron chi connectivity index (χ4n) is 3.31. The number of benzene rings is 2. The summed E-state index contributed by atoms with van der Waals surface area (Å²) >= 11 is 0. The molecule has 2 aromatic carbocycles. The van der Waals surface area contributed by atoms with E-state index in [-0.39, 0.29) is 0 Å². The lowest BCUT2D eigenvalue weighted by molar-refractivity contribution is -0.616. The van der Waals surface area contributed by atoms with Gasteiger partial charge in [0.2, 0.25) is 11.0 Å². The minimum absolute atomic E-state index is 0.822. The molecule has 2 heteroatoms. The van der Waals surface area contributed by atoms with Crippen molar-refractivity contribution in [3.05, 3.63) is 67.3 Å². The van der Waals surface area contributed by atoms with Crippen LogP contribution in [0.15, 0.2) is 67.3 Å². The van der Waals surface area contributed by atoms with Gasteiger partial charge in [0.05, 0.1) is 10.9 Å². The van der Waals surface area contributed by atoms with E-state index in [4.69, 9.17) is 0 Å². The first kappa shape index (κ1) is 12.2. The molecule has 0 atom stereocenters. The molecule has 4 aromatic rings. The van der Waals surface area contributed by atoms with Gasteiger partial charge in [0.1, 0.15) is 12.6 Å². The van der Waals surface area contributed by atoms with Crippen molar-refractivity contribution < 1.29 is 4.57 Å². The second-order valence-electron chi connectivity index (χ2n) is 5.41. The smallest absolute Gasteiger partial charge is 0.238 e. The van der Waals surface area contributed by atoms with Gasteiger partial charge in [-0.1, -0.05) is 30.3 Å². The van der Waals surface area contributed by atoms with Crippen molar-refractivity contribution in [2.75, 3.05) is 0 Å². The molecule has 0 bridgehead atoms. The number of aryl methyl sites for hydroxylation is 1. The maximum Gasteiger partial charge on any atom is 0.238 e. The number of hydrogen-bond acceptors (Lipinski definition) is 0. The molecule has 2 aromatic heterocycles. The van der Waals surface area contributed by atoms with Gasteiger partial charge < -0.3 is 4.57 Å². The van der Waals surface area contributed by atoms with Crippen molar-refractivity contribution in [1.82, 2.24) is 4.57 Å². The molecule has 0 amide bonds. The molecule has 0 aliphatic rings. The van der Waals surface area contributed by atoms with E-state index in [2.05, 4.69) is 77.4 Å². The molecule has 0 spiro atoms. The number of aromatic nitrogens is 2. The normalized spacial score (nSPS) is 11.5. The Morgan fingerprint density at radius 1 is 1.05 bits per heavy atom. The second kappa shape index (κ2) is 4.45. The Kier molecular flexibility index (Phi) is 2.58. The van der Waals surface area contributed by atoms with Crippen LogP contribution in [-0.4, -0.2) is 4.57 Å². The predicted octanol–water partition coefficient (Wildman–Crippen LogP) is 3.96. The Bertz CT molecular complexity index is 993. The van der Waals surface area contributed by atoms with Gasteiger partial charge >= 0.3 is 0 Å². The number of pyridine rings is 1. The minimum Gasteiger partial charge on any atom is -0.331 e. The topological polar surface area (TPSA) is 8.81 Å². The third kappa shape index (κ3) is 1.62. The highest BCUT2D eigenvalue weighted by Gasteiger charge is 2.19. The van der Waals surface area contributed by atoms with Crippen LogP contribution in [-0.2, 0) is 13.6 Å². The van der Waals surface area contributed by atoms with Crippen LogP contribution in [0.3, 0.4) is 0 Å². The van der Waals surface area contributed by atoms with Crippen LogP contribution in [0.25, 0.3) is 32.8 Å². The SMILES string of the molecule is C=CCn1c2ccccc2c2c1cc1ccccc1[n+]2C. The van der Waals surface area contributed by atoms with E-state index in [0.29, 0.717) is 0 Å². The van der Waals surface area contributed by atoms with Crippen molar-refractivity contribution in [3.8, 4) is 0 Å². The molecule has 0 aliphatic carbocycles. The summed E-state index contributed by atoms with van der Waals surface area (Å²) in [5.41, 5.74) is 5.06. The predicted molar refractivity (Wildman–Crippen MR) is 88.3 cm³/mol. The van der Waals surface area contributed by atoms with Crippen molar-refractivity contribution in [1.29, 1.82) is 0 Å². The lowest BCUT2D eigenvalue weighted by atomic mass is 10.1. The Morgan fingerprint density at radius 3 is 2.67 bits per heavy atom. The molecule has 21 heavy (non-hydrogen) atoms. The number of fused-ring (bicyclic) bond motifs is 4. The number of para-hydroxylation sites is 2. The molecule has 0 unspecified atom stereocenters. The van der Waals surface area contributed by atoms with Crippen LogP contribution in [0.4, 0.5) is 0 Å². The first-order valence-electron chi connectivity index (χ1n) is 7.21. The first-order valence-corrected chi connectivity index (χ1v) is 7.21. The summed E-state index contributed by atoms with van der Waals surface area (Å²) in [6, 6.07) is 19.4. The number of hydrogen-bond donors (Lipinski definition) is 0. The summed E-state index contributed by atoms with van der Waals surface area (Å²) in [6.07, 6.45) is 1.96. The zero-order valence-electron chi connectivity index (χ0n) is 12.1. The molecule has 102 valence electrons. The molecule has 0 saturated carbocycles. The summed E-state index contributed by atoms with van der Waals surface area (Å²) in [5.74, 6) is 0. The van der Waals surface area contributed by atoms with Crippen molar-refractivity contribution in [3.63, 3.8) is 0 Å². The maximum atomic E-state index is 3.91. The lowest BCUT2D eigenvalue weighted by Gasteiger charge is -2.03. The number of nitrogens with zero attached hydrogens (tertiary/aromatic N) is 2. The second-order valence-corrected chi connectivity index (χ2v) is 5.41. The number of rotatable bonds is 2. The highest BCUT2D eigenvalue weighted by Crippen LogP contribution is 2.28. The van der Waals surface area contributed by atoms with E-state index in [1.54, 1.807) is 0 Å². The van der Waals surface area contributed by atoms with Crippen LogP contribution >= 0.6 is 0 Å². The average molecular weight is 273 g/mol. The molecule has 2 nitrogen and oxygen atoms in total. The third-order valence-electron chi connectivity index (χ3n) is 4.22. The lowest BCUT2D eigenvalue weighted by Crippen LogP contribution is -2.29. The van der Waals surface area contributed by atoms with E-state index >= 15 is 0 Å². The van der Waals surface area contributed by atoms with E-state index in [1.165, 1.54) is 32.8 Å². The van der Waals surface area contributed by atoms with Crippen LogP contribution < -0.4 is 4.57 Å². The zero-order valence-corrected chi connectivity index (χ0v) is 12.1. The van der Waals surface area contributed by atoms with Crippen LogP contribution in [0, 0.1) is 0 Å². The summed E-state index contributed by atoms with van der Waals surface area (Å²) in [6.45, 7) is 4.73. The van der Waals surface area contributed by atoms with Gasteiger partial charge in [-0.05, 0) is 24.3 Å². The molecule has 0 aliphatic heterocycles. The summed E-state index contributed by atoms with van der Waals surface area (Å²) in [7, 11) is 2.15. The van der Waals surface area contributed by atoms with Gasteiger partial charge in [0.15, 0.2) is 0 Å². The quantitative estimate of drug-likeness (QED) is 0.386. The summed E-state index contributed by atoms with van der Waals surface area (Å²) < 4.78 is 4.64. The van der Waals surface area contributed by atoms with Crippen LogP contribution in [0.5, 0.6) is 0 Å². The number of allylic oxidation sites excluding steroid dienone is 1. The minimum atomic E-state index is 0.822. The van der Waals surface area contributed by atoms with Gasteiger partial charge in [-0.3, -0.25) is 0 Å². The molecule has 2 heterocycles. The Hall–Kier alpha value is -2.61. The van der Waals surface area contributed by atoms with Gasteiger partial charge in [-0.2, -0.15) is 4.57 Å². The van der Waals surface area contributed by atoms with Gasteiger partial charge in [-0.15, -0.1) is 6.58 Å². The van der Waals surface area contributed by atoms with Crippen molar-refractivity contribution >= 4 is 32.8 Å². The van der Waals surface area contributed by atoms with Gasteiger partial charge in [-0.25, -0.2) is 0 Å². The fourth-order valence-corrected chi connectivity index (χ4v) is 3.31. The highest BCUT2D eigenvalue weighted by atomic mass is 15.0. The van der Waals surface area contributed by atoms with E-state index < -0.39 is 0 Å². The van der Waals surface area contributed by atoms with Gasteiger partial charge in [0, 0.05) is 18.0 Å². The molecule has 0 N–H and O–H groups in total. The highest BCUT2D eigenvalue weighted by molar-refractivity contribution is 6.06. The van der Waals surface area contributed by atoms with Crippen molar-refractivity contribution in [2.24, 2.45) is 7.05 Å². The molecular weight excluding hydrogens is 256 g/mol. The fraction of sp³-hybridized carbons (Fsp3) is 0.105. The Balaban J connectivity index is 2.31. The van der Waals surface area contributed by atoms with E-state index in [9.17, 15) is 0 Å². The molecule has 0 radical (unpaired) electrons. The molecule has 0 fully saturated rings. The summed E-state index contributed by atoms with van der Waals surface area (Å²) in [5, 5.41) is 2.56. The monoisotopic (exact) mass is 273 g/mol. The third-order valence-corrected chi connectivity index (χ3v) is 4.22. The largest absolute Gasteiger partial charge is 0.331 e. The van der Waals surface area contributed by atoms with E-state index in [0.717, 1.165) is 6.54 Å².